The van der Waals surface area contributed by atoms with Crippen molar-refractivity contribution in [2.75, 3.05) is 5.32 Å². The molecule has 1 aromatic carbocycles. The van der Waals surface area contributed by atoms with E-state index in [1.165, 1.54) is 6.92 Å². The third-order valence-electron chi connectivity index (χ3n) is 1.91. The summed E-state index contributed by atoms with van der Waals surface area (Å²) in [5.74, 6) is -0.574. The number of carbonyl (C=O) groups excluding carboxylic acids is 1. The fourth-order valence-corrected chi connectivity index (χ4v) is 1.29. The predicted molar refractivity (Wildman–Crippen MR) is 73.6 cm³/mol. The second kappa shape index (κ2) is 6.27. The molecule has 0 unspecified atom stereocenters. The normalized spacial score (nSPS) is 10.9. The molecule has 98 valence electrons. The van der Waals surface area contributed by atoms with Crippen LogP contribution in [0.1, 0.15) is 12.5 Å². The molecule has 0 saturated carbocycles. The molecule has 7 heteroatoms. The second-order valence-corrected chi connectivity index (χ2v) is 5.77. The number of amides is 1. The molecule has 0 aromatic heterocycles. The average Bonchev–Trinajstić information content (AvgIpc) is 2.25. The van der Waals surface area contributed by atoms with Crippen molar-refractivity contribution in [3.8, 4) is 0 Å². The van der Waals surface area contributed by atoms with Crippen molar-refractivity contribution in [2.24, 2.45) is 0 Å². The number of hydrogen-bond donors (Lipinski definition) is 2. The lowest BCUT2D eigenvalue weighted by Gasteiger charge is -2.13. The standard InChI is InChI=1S/C11H11Cl3N2O2/c1-7(17)16-9-4-2-8(3-5-9)6-18-10(15)11(12,13)14/h2-5,15H,6H2,1H3,(H,16,17). The molecule has 0 bridgehead atoms. The zero-order chi connectivity index (χ0) is 13.8. The number of carbonyl (C=O) groups is 1. The molecule has 1 amide bonds. The highest BCUT2D eigenvalue weighted by molar-refractivity contribution is 6.76. The summed E-state index contributed by atoms with van der Waals surface area (Å²) >= 11 is 16.4. The average molecular weight is 310 g/mol. The van der Waals surface area contributed by atoms with Gasteiger partial charge in [0.05, 0.1) is 0 Å². The van der Waals surface area contributed by atoms with Crippen LogP contribution in [-0.2, 0) is 16.1 Å². The van der Waals surface area contributed by atoms with Crippen LogP contribution in [-0.4, -0.2) is 15.6 Å². The molecule has 0 aliphatic rings. The number of nitrogens with one attached hydrogen (secondary N) is 2. The second-order valence-electron chi connectivity index (χ2n) is 3.49. The summed E-state index contributed by atoms with van der Waals surface area (Å²) in [6, 6.07) is 6.94. The van der Waals surface area contributed by atoms with Crippen molar-refractivity contribution >= 4 is 52.3 Å². The smallest absolute Gasteiger partial charge is 0.265 e. The van der Waals surface area contributed by atoms with E-state index in [4.69, 9.17) is 44.9 Å². The largest absolute Gasteiger partial charge is 0.473 e. The van der Waals surface area contributed by atoms with Crippen LogP contribution in [0.25, 0.3) is 0 Å². The van der Waals surface area contributed by atoms with Crippen molar-refractivity contribution < 1.29 is 9.53 Å². The third-order valence-corrected chi connectivity index (χ3v) is 2.43. The third kappa shape index (κ3) is 5.12. The zero-order valence-electron chi connectivity index (χ0n) is 9.47. The Kier molecular flexibility index (Phi) is 5.26. The highest BCUT2D eigenvalue weighted by atomic mass is 35.6. The molecule has 0 saturated heterocycles. The van der Waals surface area contributed by atoms with Crippen LogP contribution in [0.5, 0.6) is 0 Å². The number of halogens is 3. The van der Waals surface area contributed by atoms with E-state index in [9.17, 15) is 4.79 Å². The molecule has 0 atom stereocenters. The Morgan fingerprint density at radius 2 is 1.89 bits per heavy atom. The SMILES string of the molecule is CC(=O)Nc1ccc(COC(=N)C(Cl)(Cl)Cl)cc1. The molecule has 0 radical (unpaired) electrons. The molecule has 4 nitrogen and oxygen atoms in total. The fraction of sp³-hybridized carbons (Fsp3) is 0.273. The van der Waals surface area contributed by atoms with Crippen molar-refractivity contribution in [3.05, 3.63) is 29.8 Å². The van der Waals surface area contributed by atoms with E-state index in [-0.39, 0.29) is 12.5 Å². The summed E-state index contributed by atoms with van der Waals surface area (Å²) in [5.41, 5.74) is 1.48. The quantitative estimate of drug-likeness (QED) is 0.510. The van der Waals surface area contributed by atoms with Gasteiger partial charge < -0.3 is 10.1 Å². The molecule has 0 fully saturated rings. The minimum Gasteiger partial charge on any atom is -0.473 e. The lowest BCUT2D eigenvalue weighted by atomic mass is 10.2. The van der Waals surface area contributed by atoms with Gasteiger partial charge in [0.15, 0.2) is 0 Å². The maximum Gasteiger partial charge on any atom is 0.265 e. The Morgan fingerprint density at radius 3 is 2.33 bits per heavy atom. The number of benzene rings is 1. The number of alkyl halides is 3. The number of hydrogen-bond acceptors (Lipinski definition) is 3. The van der Waals surface area contributed by atoms with Crippen LogP contribution in [0.2, 0.25) is 0 Å². The van der Waals surface area contributed by atoms with Gasteiger partial charge in [0.2, 0.25) is 11.8 Å². The molecule has 0 aliphatic heterocycles. The van der Waals surface area contributed by atoms with E-state index in [2.05, 4.69) is 5.32 Å². The summed E-state index contributed by atoms with van der Waals surface area (Å²) in [7, 11) is 0. The number of ether oxygens (including phenoxy) is 1. The van der Waals surface area contributed by atoms with E-state index in [0.29, 0.717) is 5.69 Å². The number of rotatable bonds is 3. The van der Waals surface area contributed by atoms with Gasteiger partial charge in [-0.2, -0.15) is 0 Å². The van der Waals surface area contributed by atoms with Crippen molar-refractivity contribution in [1.82, 2.24) is 0 Å². The Hall–Kier alpha value is -0.970. The topological polar surface area (TPSA) is 62.2 Å². The highest BCUT2D eigenvalue weighted by Gasteiger charge is 2.28. The molecule has 18 heavy (non-hydrogen) atoms. The Bertz CT molecular complexity index is 441. The molecule has 1 aromatic rings. The van der Waals surface area contributed by atoms with Gasteiger partial charge in [-0.1, -0.05) is 46.9 Å². The van der Waals surface area contributed by atoms with E-state index in [1.54, 1.807) is 24.3 Å². The molecule has 0 spiro atoms. The van der Waals surface area contributed by atoms with E-state index in [0.717, 1.165) is 5.56 Å². The lowest BCUT2D eigenvalue weighted by molar-refractivity contribution is -0.114. The molecule has 1 rings (SSSR count). The van der Waals surface area contributed by atoms with Gasteiger partial charge in [0, 0.05) is 12.6 Å². The first kappa shape index (κ1) is 15.1. The summed E-state index contributed by atoms with van der Waals surface area (Å²) in [4.78, 5) is 10.8. The zero-order valence-corrected chi connectivity index (χ0v) is 11.7. The summed E-state index contributed by atoms with van der Waals surface area (Å²) in [5, 5.41) is 9.98. The summed E-state index contributed by atoms with van der Waals surface area (Å²) in [6.45, 7) is 1.55. The van der Waals surface area contributed by atoms with Gasteiger partial charge >= 0.3 is 0 Å². The minimum absolute atomic E-state index is 0.118. The van der Waals surface area contributed by atoms with Gasteiger partial charge in [-0.05, 0) is 17.7 Å². The summed E-state index contributed by atoms with van der Waals surface area (Å²) < 4.78 is 3.16. The van der Waals surface area contributed by atoms with Gasteiger partial charge in [-0.25, -0.2) is 0 Å². The van der Waals surface area contributed by atoms with E-state index >= 15 is 0 Å². The van der Waals surface area contributed by atoms with Crippen molar-refractivity contribution in [2.45, 2.75) is 17.3 Å². The minimum atomic E-state index is -1.85. The van der Waals surface area contributed by atoms with Crippen LogP contribution in [0.15, 0.2) is 24.3 Å². The Morgan fingerprint density at radius 1 is 1.33 bits per heavy atom. The van der Waals surface area contributed by atoms with Crippen LogP contribution < -0.4 is 5.32 Å². The number of anilines is 1. The molecule has 0 aliphatic carbocycles. The molecular formula is C11H11Cl3N2O2. The highest BCUT2D eigenvalue weighted by Crippen LogP contribution is 2.28. The van der Waals surface area contributed by atoms with Crippen LogP contribution in [0, 0.1) is 5.41 Å². The molecule has 2 N–H and O–H groups in total. The molecular weight excluding hydrogens is 298 g/mol. The van der Waals surface area contributed by atoms with E-state index in [1.807, 2.05) is 0 Å². The van der Waals surface area contributed by atoms with Crippen LogP contribution in [0.3, 0.4) is 0 Å². The first-order valence-corrected chi connectivity index (χ1v) is 6.07. The van der Waals surface area contributed by atoms with Gasteiger partial charge in [0.1, 0.15) is 6.61 Å². The van der Waals surface area contributed by atoms with E-state index < -0.39 is 9.69 Å². The van der Waals surface area contributed by atoms with Crippen molar-refractivity contribution in [3.63, 3.8) is 0 Å². The maximum absolute atomic E-state index is 10.8. The Balaban J connectivity index is 2.54. The van der Waals surface area contributed by atoms with Gasteiger partial charge in [-0.15, -0.1) is 0 Å². The maximum atomic E-state index is 10.8. The summed E-state index contributed by atoms with van der Waals surface area (Å²) in [6.07, 6.45) is 0. The first-order chi connectivity index (χ1) is 8.29. The lowest BCUT2D eigenvalue weighted by Crippen LogP contribution is -2.20. The monoisotopic (exact) mass is 308 g/mol. The van der Waals surface area contributed by atoms with Crippen LogP contribution in [0.4, 0.5) is 5.69 Å². The molecule has 0 heterocycles. The Labute approximate surface area is 120 Å². The first-order valence-electron chi connectivity index (χ1n) is 4.94. The van der Waals surface area contributed by atoms with Gasteiger partial charge in [-0.3, -0.25) is 10.2 Å². The van der Waals surface area contributed by atoms with Gasteiger partial charge in [0.25, 0.3) is 3.79 Å². The van der Waals surface area contributed by atoms with Crippen molar-refractivity contribution in [1.29, 1.82) is 5.41 Å². The fourth-order valence-electron chi connectivity index (χ4n) is 1.12. The predicted octanol–water partition coefficient (Wildman–Crippen LogP) is 3.51. The van der Waals surface area contributed by atoms with Crippen LogP contribution >= 0.6 is 34.8 Å².